The molecule has 0 saturated heterocycles. The molecular weight excluding hydrogens is 430 g/mol. The standard InChI is InChI=1S/C9H13.C5H5.C3H7ClSi.2ClH.Zr/c1-6-5-7(2)9(4)8(6)3;1-2-4-5-3-1;1-2-3-5-4;;;/h5H,1-4H3;1-5H;2-3H2,1H3;2*1H;/q2*-1;;;;+2/p-2. The molecule has 0 radical (unpaired) electrons. The molecule has 0 amide bonds. The summed E-state index contributed by atoms with van der Waals surface area (Å²) in [6.45, 7) is 10.9. The van der Waals surface area contributed by atoms with Gasteiger partial charge >= 0.3 is 58.5 Å². The maximum Gasteiger partial charge on any atom is -0.0630 e. The zero-order chi connectivity index (χ0) is 15.5. The van der Waals surface area contributed by atoms with Gasteiger partial charge in [-0.25, -0.2) is 12.1 Å². The molecule has 22 heavy (non-hydrogen) atoms. The van der Waals surface area contributed by atoms with E-state index in [9.17, 15) is 0 Å². The maximum absolute atomic E-state index is 5.72. The van der Waals surface area contributed by atoms with Gasteiger partial charge in [0.1, 0.15) is 0 Å². The molecule has 2 aromatic rings. The van der Waals surface area contributed by atoms with Crippen LogP contribution in [0, 0.1) is 27.7 Å². The summed E-state index contributed by atoms with van der Waals surface area (Å²) in [6, 6.07) is 13.5. The van der Waals surface area contributed by atoms with Gasteiger partial charge in [-0.15, -0.1) is 0 Å². The molecule has 0 saturated carbocycles. The van der Waals surface area contributed by atoms with Gasteiger partial charge in [0.15, 0.2) is 0 Å². The van der Waals surface area contributed by atoms with Crippen LogP contribution in [0.5, 0.6) is 0 Å². The summed E-state index contributed by atoms with van der Waals surface area (Å²) in [5.74, 6) is 0. The number of rotatable bonds is 2. The van der Waals surface area contributed by atoms with Gasteiger partial charge in [-0.2, -0.15) is 46.5 Å². The van der Waals surface area contributed by atoms with E-state index >= 15 is 0 Å². The second-order valence-electron chi connectivity index (χ2n) is 4.88. The molecule has 0 fully saturated rings. The fourth-order valence-electron chi connectivity index (χ4n) is 1.67. The average molecular weight is 455 g/mol. The minimum Gasteiger partial charge on any atom is -1.00 e. The summed E-state index contributed by atoms with van der Waals surface area (Å²) in [4.78, 5) is 0. The molecule has 124 valence electrons. The minimum absolute atomic E-state index is 0. The Bertz CT molecular complexity index is 451. The first-order valence-corrected chi connectivity index (χ1v) is 13.4. The largest absolute Gasteiger partial charge is 1.00 e. The number of aryl methyl sites for hydroxylation is 2. The van der Waals surface area contributed by atoms with Gasteiger partial charge < -0.3 is 24.8 Å². The summed E-state index contributed by atoms with van der Waals surface area (Å²) in [5.41, 5.74) is 5.75. The second-order valence-corrected chi connectivity index (χ2v) is 14.3. The average Bonchev–Trinajstić information content (AvgIpc) is 3.01. The Morgan fingerprint density at radius 2 is 1.68 bits per heavy atom. The molecule has 0 aromatic heterocycles. The Kier molecular flexibility index (Phi) is 20.7. The van der Waals surface area contributed by atoms with Crippen LogP contribution in [0.3, 0.4) is 0 Å². The normalized spacial score (nSPS) is 8.36. The second kappa shape index (κ2) is 16.5. The van der Waals surface area contributed by atoms with Crippen molar-refractivity contribution in [2.45, 2.75) is 47.1 Å². The Labute approximate surface area is 168 Å². The van der Waals surface area contributed by atoms with Crippen molar-refractivity contribution in [2.24, 2.45) is 0 Å². The molecule has 2 aromatic carbocycles. The minimum atomic E-state index is -0.323. The van der Waals surface area contributed by atoms with E-state index in [1.165, 1.54) is 34.7 Å². The third-order valence-corrected chi connectivity index (χ3v) is 6.55. The van der Waals surface area contributed by atoms with Crippen molar-refractivity contribution in [3.8, 4) is 0 Å². The molecule has 0 bridgehead atoms. The molecular formula is C17H25Cl3SiZr-2. The molecule has 0 unspecified atom stereocenters. The Morgan fingerprint density at radius 1 is 1.18 bits per heavy atom. The van der Waals surface area contributed by atoms with Gasteiger partial charge in [-0.1, -0.05) is 27.7 Å². The van der Waals surface area contributed by atoms with Gasteiger partial charge in [-0.3, -0.25) is 0 Å². The van der Waals surface area contributed by atoms with Crippen molar-refractivity contribution in [1.29, 1.82) is 0 Å². The van der Waals surface area contributed by atoms with Crippen molar-refractivity contribution in [3.05, 3.63) is 58.7 Å². The van der Waals surface area contributed by atoms with Gasteiger partial charge in [0.2, 0.25) is 0 Å². The van der Waals surface area contributed by atoms with Crippen LogP contribution >= 0.6 is 11.1 Å². The van der Waals surface area contributed by atoms with Gasteiger partial charge in [0.25, 0.3) is 0 Å². The van der Waals surface area contributed by atoms with Crippen LogP contribution in [-0.2, 0) is 23.3 Å². The van der Waals surface area contributed by atoms with Crippen LogP contribution in [-0.4, -0.2) is 4.74 Å². The monoisotopic (exact) mass is 452 g/mol. The topological polar surface area (TPSA) is 0 Å². The Hall–Kier alpha value is 0.670. The smallest absolute Gasteiger partial charge is 0.0630 e. The molecule has 0 nitrogen and oxygen atoms in total. The molecule has 0 spiro atoms. The summed E-state index contributed by atoms with van der Waals surface area (Å²) in [6.07, 6.45) is 1.27. The quantitative estimate of drug-likeness (QED) is 0.333. The Morgan fingerprint density at radius 3 is 1.77 bits per heavy atom. The van der Waals surface area contributed by atoms with Gasteiger partial charge in [0, 0.05) is 0 Å². The first-order chi connectivity index (χ1) is 9.40. The van der Waals surface area contributed by atoms with Crippen molar-refractivity contribution in [2.75, 3.05) is 0 Å². The zero-order valence-electron chi connectivity index (χ0n) is 14.0. The van der Waals surface area contributed by atoms with Crippen LogP contribution in [0.2, 0.25) is 6.04 Å². The van der Waals surface area contributed by atoms with Crippen molar-refractivity contribution in [3.63, 3.8) is 0 Å². The SMILES string of the molecule is CCC[Si](Cl)=[Zr+2].Cc1c[c-](C)c(C)c1C.[Cl-].[Cl-].c1cc[cH-]c1. The van der Waals surface area contributed by atoms with E-state index in [4.69, 9.17) is 11.1 Å². The molecule has 0 N–H and O–H groups in total. The van der Waals surface area contributed by atoms with Crippen LogP contribution in [0.25, 0.3) is 0 Å². The van der Waals surface area contributed by atoms with E-state index in [1.54, 1.807) is 23.3 Å². The predicted molar refractivity (Wildman–Crippen MR) is 89.7 cm³/mol. The van der Waals surface area contributed by atoms with Crippen LogP contribution < -0.4 is 24.8 Å². The van der Waals surface area contributed by atoms with E-state index in [0.29, 0.717) is 0 Å². The Balaban J connectivity index is -0.000000247. The molecule has 0 aliphatic rings. The molecule has 2 rings (SSSR count). The summed E-state index contributed by atoms with van der Waals surface area (Å²) < 4.78 is -0.323. The first-order valence-electron chi connectivity index (χ1n) is 6.99. The third kappa shape index (κ3) is 13.1. The van der Waals surface area contributed by atoms with Crippen molar-refractivity contribution < 1.29 is 48.1 Å². The van der Waals surface area contributed by atoms with Crippen LogP contribution in [0.1, 0.15) is 35.6 Å². The van der Waals surface area contributed by atoms with E-state index in [2.05, 4.69) is 40.7 Å². The number of halogens is 3. The fraction of sp³-hybridized carbons (Fsp3) is 0.412. The molecule has 5 heteroatoms. The van der Waals surface area contributed by atoms with Crippen LogP contribution in [0.4, 0.5) is 0 Å². The summed E-state index contributed by atoms with van der Waals surface area (Å²) in [5, 5.41) is 0. The van der Waals surface area contributed by atoms with E-state index in [-0.39, 0.29) is 29.6 Å². The fourth-order valence-corrected chi connectivity index (χ4v) is 4.52. The number of hydrogen-bond acceptors (Lipinski definition) is 0. The maximum atomic E-state index is 5.72. The van der Waals surface area contributed by atoms with E-state index < -0.39 is 0 Å². The first kappa shape index (κ1) is 27.5. The predicted octanol–water partition coefficient (Wildman–Crippen LogP) is -0.277. The van der Waals surface area contributed by atoms with Gasteiger partial charge in [-0.05, 0) is 0 Å². The van der Waals surface area contributed by atoms with Crippen molar-refractivity contribution in [1.82, 2.24) is 0 Å². The van der Waals surface area contributed by atoms with Gasteiger partial charge in [0.05, 0.1) is 0 Å². The molecule has 0 aliphatic heterocycles. The van der Waals surface area contributed by atoms with E-state index in [0.717, 1.165) is 0 Å². The van der Waals surface area contributed by atoms with Crippen LogP contribution in [0.15, 0.2) is 36.4 Å². The number of hydrogen-bond donors (Lipinski definition) is 0. The molecule has 0 heterocycles. The third-order valence-electron chi connectivity index (χ3n) is 3.20. The summed E-state index contributed by atoms with van der Waals surface area (Å²) in [7, 11) is 0. The van der Waals surface area contributed by atoms with Crippen molar-refractivity contribution >= 4 is 15.8 Å². The summed E-state index contributed by atoms with van der Waals surface area (Å²) >= 11 is 7.27. The molecule has 0 aliphatic carbocycles. The zero-order valence-corrected chi connectivity index (χ0v) is 19.7. The van der Waals surface area contributed by atoms with E-state index in [1.807, 2.05) is 30.3 Å². The molecule has 0 atom stereocenters.